The first kappa shape index (κ1) is 11.1. The molecule has 0 spiro atoms. The highest BCUT2D eigenvalue weighted by Crippen LogP contribution is 2.22. The van der Waals surface area contributed by atoms with Crippen LogP contribution in [0.3, 0.4) is 0 Å². The van der Waals surface area contributed by atoms with E-state index >= 15 is 0 Å². The van der Waals surface area contributed by atoms with Gasteiger partial charge in [-0.1, -0.05) is 0 Å². The van der Waals surface area contributed by atoms with E-state index in [0.717, 1.165) is 26.1 Å². The third-order valence-corrected chi connectivity index (χ3v) is 3.68. The molecule has 0 amide bonds. The summed E-state index contributed by atoms with van der Waals surface area (Å²) in [7, 11) is 0. The molecule has 0 aliphatic carbocycles. The number of hydrogen-bond acceptors (Lipinski definition) is 4. The van der Waals surface area contributed by atoms with E-state index in [-0.39, 0.29) is 0 Å². The van der Waals surface area contributed by atoms with Crippen molar-refractivity contribution in [1.82, 2.24) is 15.2 Å². The van der Waals surface area contributed by atoms with Crippen LogP contribution in [0.4, 0.5) is 0 Å². The highest BCUT2D eigenvalue weighted by atomic mass is 16.5. The van der Waals surface area contributed by atoms with Crippen molar-refractivity contribution in [3.8, 4) is 0 Å². The summed E-state index contributed by atoms with van der Waals surface area (Å²) < 4.78 is 5.98. The molecule has 1 N–H and O–H groups in total. The van der Waals surface area contributed by atoms with Crippen molar-refractivity contribution >= 4 is 0 Å². The van der Waals surface area contributed by atoms with Crippen molar-refractivity contribution in [2.24, 2.45) is 0 Å². The predicted octanol–water partition coefficient (Wildman–Crippen LogP) is 0.644. The van der Waals surface area contributed by atoms with Gasteiger partial charge in [-0.25, -0.2) is 0 Å². The Kier molecular flexibility index (Phi) is 3.36. The second-order valence-corrected chi connectivity index (χ2v) is 4.88. The van der Waals surface area contributed by atoms with Gasteiger partial charge in [0.1, 0.15) is 0 Å². The van der Waals surface area contributed by atoms with Gasteiger partial charge in [-0.15, -0.1) is 0 Å². The van der Waals surface area contributed by atoms with Crippen LogP contribution in [0.5, 0.6) is 0 Å². The fraction of sp³-hybridized carbons (Fsp3) is 0.615. The third-order valence-electron chi connectivity index (χ3n) is 3.68. The van der Waals surface area contributed by atoms with E-state index in [4.69, 9.17) is 4.74 Å². The smallest absolute Gasteiger partial charge is 0.0722 e. The lowest BCUT2D eigenvalue weighted by Crippen LogP contribution is -2.47. The van der Waals surface area contributed by atoms with Crippen LogP contribution in [-0.2, 0) is 11.3 Å². The molecule has 3 rings (SSSR count). The van der Waals surface area contributed by atoms with Crippen molar-refractivity contribution in [3.63, 3.8) is 0 Å². The zero-order valence-corrected chi connectivity index (χ0v) is 10.0. The molecule has 4 heteroatoms. The van der Waals surface area contributed by atoms with Gasteiger partial charge in [0, 0.05) is 44.6 Å². The van der Waals surface area contributed by atoms with Crippen molar-refractivity contribution in [1.29, 1.82) is 0 Å². The van der Waals surface area contributed by atoms with E-state index in [9.17, 15) is 0 Å². The number of pyridine rings is 1. The number of nitrogens with one attached hydrogen (secondary N) is 1. The molecule has 2 atom stereocenters. The zero-order valence-electron chi connectivity index (χ0n) is 10.0. The van der Waals surface area contributed by atoms with Gasteiger partial charge >= 0.3 is 0 Å². The summed E-state index contributed by atoms with van der Waals surface area (Å²) >= 11 is 0. The summed E-state index contributed by atoms with van der Waals surface area (Å²) in [6.45, 7) is 5.21. The fourth-order valence-electron chi connectivity index (χ4n) is 2.73. The SMILES string of the molecule is c1cc(CO[C@H]2C[C@@H]3CNCCN3C2)ccn1. The molecular formula is C13H19N3O. The Balaban J connectivity index is 1.50. The first-order valence-electron chi connectivity index (χ1n) is 6.37. The van der Waals surface area contributed by atoms with Crippen molar-refractivity contribution in [3.05, 3.63) is 30.1 Å². The second-order valence-electron chi connectivity index (χ2n) is 4.88. The Hall–Kier alpha value is -0.970. The van der Waals surface area contributed by atoms with Gasteiger partial charge in [-0.05, 0) is 24.1 Å². The molecule has 0 aromatic carbocycles. The van der Waals surface area contributed by atoms with E-state index in [1.165, 1.54) is 12.1 Å². The van der Waals surface area contributed by atoms with Crippen molar-refractivity contribution < 1.29 is 4.74 Å². The number of rotatable bonds is 3. The second kappa shape index (κ2) is 5.12. The molecule has 3 heterocycles. The molecule has 4 nitrogen and oxygen atoms in total. The van der Waals surface area contributed by atoms with Gasteiger partial charge in [-0.3, -0.25) is 9.88 Å². The lowest BCUT2D eigenvalue weighted by Gasteiger charge is -2.29. The van der Waals surface area contributed by atoms with Crippen LogP contribution in [-0.4, -0.2) is 48.2 Å². The molecule has 0 bridgehead atoms. The minimum absolute atomic E-state index is 0.396. The summed E-state index contributed by atoms with van der Waals surface area (Å²) in [5.74, 6) is 0. The fourth-order valence-corrected chi connectivity index (χ4v) is 2.73. The normalized spacial score (nSPS) is 29.2. The monoisotopic (exact) mass is 233 g/mol. The van der Waals surface area contributed by atoms with E-state index < -0.39 is 0 Å². The molecule has 1 aromatic rings. The lowest BCUT2D eigenvalue weighted by molar-refractivity contribution is 0.0468. The van der Waals surface area contributed by atoms with Gasteiger partial charge in [0.15, 0.2) is 0 Å². The molecule has 0 radical (unpaired) electrons. The van der Waals surface area contributed by atoms with Gasteiger partial charge in [-0.2, -0.15) is 0 Å². The van der Waals surface area contributed by atoms with Gasteiger partial charge in [0.2, 0.25) is 0 Å². The van der Waals surface area contributed by atoms with Crippen LogP contribution in [0, 0.1) is 0 Å². The molecule has 1 aromatic heterocycles. The summed E-state index contributed by atoms with van der Waals surface area (Å²) in [6, 6.07) is 4.72. The molecule has 92 valence electrons. The van der Waals surface area contributed by atoms with E-state index in [2.05, 4.69) is 15.2 Å². The molecule has 2 aliphatic heterocycles. The maximum Gasteiger partial charge on any atom is 0.0722 e. The largest absolute Gasteiger partial charge is 0.372 e. The number of ether oxygens (including phenoxy) is 1. The van der Waals surface area contributed by atoms with Crippen LogP contribution in [0.1, 0.15) is 12.0 Å². The van der Waals surface area contributed by atoms with Gasteiger partial charge in [0.05, 0.1) is 12.7 Å². The number of aromatic nitrogens is 1. The Labute approximate surface area is 102 Å². The average molecular weight is 233 g/mol. The predicted molar refractivity (Wildman–Crippen MR) is 65.7 cm³/mol. The van der Waals surface area contributed by atoms with Crippen molar-refractivity contribution in [2.75, 3.05) is 26.2 Å². The molecule has 2 saturated heterocycles. The summed E-state index contributed by atoms with van der Waals surface area (Å²) in [6.07, 6.45) is 5.20. The first-order valence-corrected chi connectivity index (χ1v) is 6.37. The summed E-state index contributed by atoms with van der Waals surface area (Å²) in [5.41, 5.74) is 1.21. The van der Waals surface area contributed by atoms with Gasteiger partial charge < -0.3 is 10.1 Å². The van der Waals surface area contributed by atoms with Crippen molar-refractivity contribution in [2.45, 2.75) is 25.2 Å². The molecule has 0 saturated carbocycles. The van der Waals surface area contributed by atoms with Crippen LogP contribution in [0.15, 0.2) is 24.5 Å². The third kappa shape index (κ3) is 2.65. The molecule has 2 aliphatic rings. The number of nitrogens with zero attached hydrogens (tertiary/aromatic N) is 2. The lowest BCUT2D eigenvalue weighted by atomic mass is 10.2. The minimum Gasteiger partial charge on any atom is -0.372 e. The Morgan fingerprint density at radius 3 is 3.12 bits per heavy atom. The maximum absolute atomic E-state index is 5.98. The standard InChI is InChI=1S/C13H19N3O/c1-3-14-4-2-11(1)10-17-13-7-12-8-15-5-6-16(12)9-13/h1-4,12-13,15H,5-10H2/t12-,13+/m1/s1. The highest BCUT2D eigenvalue weighted by molar-refractivity contribution is 5.08. The van der Waals surface area contributed by atoms with E-state index in [0.29, 0.717) is 18.8 Å². The zero-order chi connectivity index (χ0) is 11.5. The molecule has 0 unspecified atom stereocenters. The first-order chi connectivity index (χ1) is 8.42. The maximum atomic E-state index is 5.98. The number of piperazine rings is 1. The minimum atomic E-state index is 0.396. The number of fused-ring (bicyclic) bond motifs is 1. The quantitative estimate of drug-likeness (QED) is 0.831. The average Bonchev–Trinajstić information content (AvgIpc) is 2.80. The Morgan fingerprint density at radius 1 is 1.41 bits per heavy atom. The highest BCUT2D eigenvalue weighted by Gasteiger charge is 2.33. The Bertz CT molecular complexity index is 343. The van der Waals surface area contributed by atoms with Crippen LogP contribution < -0.4 is 5.32 Å². The van der Waals surface area contributed by atoms with Crippen LogP contribution in [0.25, 0.3) is 0 Å². The Morgan fingerprint density at radius 2 is 2.29 bits per heavy atom. The van der Waals surface area contributed by atoms with Gasteiger partial charge in [0.25, 0.3) is 0 Å². The molecule has 17 heavy (non-hydrogen) atoms. The van der Waals surface area contributed by atoms with Crippen LogP contribution in [0.2, 0.25) is 0 Å². The molecular weight excluding hydrogens is 214 g/mol. The summed E-state index contributed by atoms with van der Waals surface area (Å²) in [4.78, 5) is 6.56. The van der Waals surface area contributed by atoms with E-state index in [1.807, 2.05) is 24.5 Å². The van der Waals surface area contributed by atoms with Crippen LogP contribution >= 0.6 is 0 Å². The topological polar surface area (TPSA) is 37.4 Å². The molecule has 2 fully saturated rings. The van der Waals surface area contributed by atoms with E-state index in [1.54, 1.807) is 0 Å². The summed E-state index contributed by atoms with van der Waals surface area (Å²) in [5, 5.41) is 3.45. The number of hydrogen-bond donors (Lipinski definition) is 1.